The molecule has 2 atom stereocenters. The second-order valence-corrected chi connectivity index (χ2v) is 6.08. The molecule has 0 aromatic heterocycles. The van der Waals surface area contributed by atoms with Crippen molar-refractivity contribution in [2.24, 2.45) is 11.8 Å². The predicted octanol–water partition coefficient (Wildman–Crippen LogP) is 2.84. The third-order valence-corrected chi connectivity index (χ3v) is 4.29. The summed E-state index contributed by atoms with van der Waals surface area (Å²) in [6, 6.07) is 8.13. The maximum atomic E-state index is 12.5. The molecular formula is C17H23NO3. The van der Waals surface area contributed by atoms with Crippen molar-refractivity contribution in [2.75, 3.05) is 7.05 Å². The van der Waals surface area contributed by atoms with E-state index >= 15 is 0 Å². The Morgan fingerprint density at radius 2 is 1.81 bits per heavy atom. The molecule has 21 heavy (non-hydrogen) atoms. The second-order valence-electron chi connectivity index (χ2n) is 6.08. The minimum atomic E-state index is -0.770. The second kappa shape index (κ2) is 6.74. The third kappa shape index (κ3) is 4.06. The lowest BCUT2D eigenvalue weighted by Gasteiger charge is -2.29. The van der Waals surface area contributed by atoms with E-state index in [0.29, 0.717) is 19.4 Å². The molecule has 4 heteroatoms. The number of carboxylic acid groups (broad SMARTS) is 1. The van der Waals surface area contributed by atoms with Crippen molar-refractivity contribution < 1.29 is 14.7 Å². The van der Waals surface area contributed by atoms with Crippen molar-refractivity contribution in [1.29, 1.82) is 0 Å². The van der Waals surface area contributed by atoms with Gasteiger partial charge in [0, 0.05) is 19.5 Å². The number of hydrogen-bond acceptors (Lipinski definition) is 2. The quantitative estimate of drug-likeness (QED) is 0.927. The highest BCUT2D eigenvalue weighted by atomic mass is 16.4. The van der Waals surface area contributed by atoms with Crippen LogP contribution in [-0.2, 0) is 16.1 Å². The molecule has 0 radical (unpaired) electrons. The zero-order valence-corrected chi connectivity index (χ0v) is 12.7. The fourth-order valence-electron chi connectivity index (χ4n) is 3.00. The summed E-state index contributed by atoms with van der Waals surface area (Å²) in [7, 11) is 1.80. The van der Waals surface area contributed by atoms with Crippen LogP contribution in [0.25, 0.3) is 0 Å². The molecule has 1 fully saturated rings. The number of hydrogen-bond donors (Lipinski definition) is 1. The molecule has 0 heterocycles. The van der Waals surface area contributed by atoms with Gasteiger partial charge in [0.25, 0.3) is 0 Å². The van der Waals surface area contributed by atoms with E-state index in [1.54, 1.807) is 11.9 Å². The number of carboxylic acids is 1. The zero-order valence-electron chi connectivity index (χ0n) is 12.7. The molecule has 114 valence electrons. The average Bonchev–Trinajstić information content (AvgIpc) is 2.49. The Bertz CT molecular complexity index is 509. The summed E-state index contributed by atoms with van der Waals surface area (Å²) in [6.07, 6.45) is 2.81. The SMILES string of the molecule is Cc1ccc(CN(C)C(=O)[C@@H]2CCC[C@@H](C(=O)O)C2)cc1. The zero-order chi connectivity index (χ0) is 15.4. The lowest BCUT2D eigenvalue weighted by molar-refractivity contribution is -0.145. The fourth-order valence-corrected chi connectivity index (χ4v) is 3.00. The maximum absolute atomic E-state index is 12.5. The maximum Gasteiger partial charge on any atom is 0.306 e. The number of aryl methyl sites for hydroxylation is 1. The number of benzene rings is 1. The van der Waals surface area contributed by atoms with Crippen molar-refractivity contribution in [2.45, 2.75) is 39.2 Å². The monoisotopic (exact) mass is 289 g/mol. The Morgan fingerprint density at radius 1 is 1.19 bits per heavy atom. The molecule has 1 aromatic rings. The first-order chi connectivity index (χ1) is 9.97. The van der Waals surface area contributed by atoms with E-state index < -0.39 is 5.97 Å². The summed E-state index contributed by atoms with van der Waals surface area (Å²) < 4.78 is 0. The van der Waals surface area contributed by atoms with Gasteiger partial charge in [0.15, 0.2) is 0 Å². The average molecular weight is 289 g/mol. The molecule has 0 unspecified atom stereocenters. The standard InChI is InChI=1S/C17H23NO3/c1-12-6-8-13(9-7-12)11-18(2)16(19)14-4-3-5-15(10-14)17(20)21/h6-9,14-15H,3-5,10-11H2,1-2H3,(H,20,21)/t14-,15-/m1/s1. The third-order valence-electron chi connectivity index (χ3n) is 4.29. The number of nitrogens with zero attached hydrogens (tertiary/aromatic N) is 1. The Hall–Kier alpha value is -1.84. The van der Waals surface area contributed by atoms with Gasteiger partial charge >= 0.3 is 5.97 Å². The van der Waals surface area contributed by atoms with Crippen LogP contribution in [-0.4, -0.2) is 28.9 Å². The van der Waals surface area contributed by atoms with Gasteiger partial charge in [0.2, 0.25) is 5.91 Å². The minimum Gasteiger partial charge on any atom is -0.481 e. The highest BCUT2D eigenvalue weighted by Gasteiger charge is 2.32. The summed E-state index contributed by atoms with van der Waals surface area (Å²) in [5, 5.41) is 9.11. The first kappa shape index (κ1) is 15.5. The lowest BCUT2D eigenvalue weighted by Crippen LogP contribution is -2.36. The molecule has 1 aromatic carbocycles. The summed E-state index contributed by atoms with van der Waals surface area (Å²) in [5.74, 6) is -1.20. The van der Waals surface area contributed by atoms with Crippen molar-refractivity contribution >= 4 is 11.9 Å². The molecule has 4 nitrogen and oxygen atoms in total. The molecule has 1 aliphatic carbocycles. The van der Waals surface area contributed by atoms with Gasteiger partial charge in [-0.05, 0) is 31.7 Å². The Balaban J connectivity index is 1.95. The van der Waals surface area contributed by atoms with Gasteiger partial charge in [0.1, 0.15) is 0 Å². The van der Waals surface area contributed by atoms with E-state index in [-0.39, 0.29) is 17.7 Å². The number of amides is 1. The van der Waals surface area contributed by atoms with Crippen LogP contribution >= 0.6 is 0 Å². The van der Waals surface area contributed by atoms with Crippen molar-refractivity contribution in [3.63, 3.8) is 0 Å². The molecule has 0 bridgehead atoms. The van der Waals surface area contributed by atoms with Crippen molar-refractivity contribution in [3.05, 3.63) is 35.4 Å². The molecule has 2 rings (SSSR count). The fraction of sp³-hybridized carbons (Fsp3) is 0.529. The summed E-state index contributed by atoms with van der Waals surface area (Å²) in [5.41, 5.74) is 2.30. The molecule has 1 saturated carbocycles. The molecular weight excluding hydrogens is 266 g/mol. The molecule has 0 saturated heterocycles. The van der Waals surface area contributed by atoms with Crippen molar-refractivity contribution in [1.82, 2.24) is 4.90 Å². The van der Waals surface area contributed by atoms with E-state index in [0.717, 1.165) is 18.4 Å². The van der Waals surface area contributed by atoms with Gasteiger partial charge in [-0.1, -0.05) is 36.2 Å². The summed E-state index contributed by atoms with van der Waals surface area (Å²) in [4.78, 5) is 25.3. The normalized spacial score (nSPS) is 21.8. The number of carbonyl (C=O) groups is 2. The molecule has 1 aliphatic rings. The number of rotatable bonds is 4. The predicted molar refractivity (Wildman–Crippen MR) is 80.7 cm³/mol. The van der Waals surface area contributed by atoms with Gasteiger partial charge in [-0.2, -0.15) is 0 Å². The smallest absolute Gasteiger partial charge is 0.306 e. The Labute approximate surface area is 125 Å². The van der Waals surface area contributed by atoms with Crippen LogP contribution in [0, 0.1) is 18.8 Å². The van der Waals surface area contributed by atoms with E-state index in [1.165, 1.54) is 5.56 Å². The van der Waals surface area contributed by atoms with Crippen LogP contribution in [0.5, 0.6) is 0 Å². The minimum absolute atomic E-state index is 0.0709. The van der Waals surface area contributed by atoms with Gasteiger partial charge in [0.05, 0.1) is 5.92 Å². The van der Waals surface area contributed by atoms with Crippen molar-refractivity contribution in [3.8, 4) is 0 Å². The van der Waals surface area contributed by atoms with Crippen LogP contribution in [0.4, 0.5) is 0 Å². The van der Waals surface area contributed by atoms with Crippen LogP contribution in [0.2, 0.25) is 0 Å². The highest BCUT2D eigenvalue weighted by molar-refractivity contribution is 5.80. The van der Waals surface area contributed by atoms with Gasteiger partial charge in [-0.25, -0.2) is 0 Å². The van der Waals surface area contributed by atoms with E-state index in [9.17, 15) is 9.59 Å². The molecule has 1 amide bonds. The Kier molecular flexibility index (Phi) is 4.99. The topological polar surface area (TPSA) is 57.6 Å². The van der Waals surface area contributed by atoms with Gasteiger partial charge in [-0.3, -0.25) is 9.59 Å². The first-order valence-electron chi connectivity index (χ1n) is 7.50. The van der Waals surface area contributed by atoms with Gasteiger partial charge < -0.3 is 10.0 Å². The Morgan fingerprint density at radius 3 is 2.43 bits per heavy atom. The van der Waals surface area contributed by atoms with Gasteiger partial charge in [-0.15, -0.1) is 0 Å². The van der Waals surface area contributed by atoms with Crippen LogP contribution in [0.15, 0.2) is 24.3 Å². The van der Waals surface area contributed by atoms with E-state index in [4.69, 9.17) is 5.11 Å². The molecule has 0 aliphatic heterocycles. The molecule has 0 spiro atoms. The first-order valence-corrected chi connectivity index (χ1v) is 7.50. The van der Waals surface area contributed by atoms with Crippen LogP contribution < -0.4 is 0 Å². The highest BCUT2D eigenvalue weighted by Crippen LogP contribution is 2.30. The molecule has 1 N–H and O–H groups in total. The van der Waals surface area contributed by atoms with E-state index in [2.05, 4.69) is 0 Å². The van der Waals surface area contributed by atoms with Crippen LogP contribution in [0.1, 0.15) is 36.8 Å². The lowest BCUT2D eigenvalue weighted by atomic mass is 9.81. The largest absolute Gasteiger partial charge is 0.481 e. The number of carbonyl (C=O) groups excluding carboxylic acids is 1. The summed E-state index contributed by atoms with van der Waals surface area (Å²) in [6.45, 7) is 2.61. The van der Waals surface area contributed by atoms with Crippen LogP contribution in [0.3, 0.4) is 0 Å². The van der Waals surface area contributed by atoms with E-state index in [1.807, 2.05) is 31.2 Å². The summed E-state index contributed by atoms with van der Waals surface area (Å²) >= 11 is 0. The number of aliphatic carboxylic acids is 1.